The maximum atomic E-state index is 12.2. The van der Waals surface area contributed by atoms with Crippen LogP contribution in [0, 0.1) is 0 Å². The van der Waals surface area contributed by atoms with Crippen LogP contribution in [-0.4, -0.2) is 56.0 Å². The highest BCUT2D eigenvalue weighted by molar-refractivity contribution is 14.0. The average molecular weight is 498 g/mol. The van der Waals surface area contributed by atoms with Crippen molar-refractivity contribution in [3.8, 4) is 0 Å². The SMILES string of the molecule is CN=C(NC1CC1c1cccc(Cl)c1)N1CCS(=O)(=O)C(C)(C)C1.I. The molecule has 1 aromatic rings. The van der Waals surface area contributed by atoms with Crippen molar-refractivity contribution in [3.05, 3.63) is 34.9 Å². The molecule has 0 aromatic heterocycles. The lowest BCUT2D eigenvalue weighted by molar-refractivity contribution is 0.353. The van der Waals surface area contributed by atoms with Crippen LogP contribution in [0.5, 0.6) is 0 Å². The molecule has 8 heteroatoms. The Morgan fingerprint density at radius 2 is 2.12 bits per heavy atom. The molecular formula is C17H25ClIN3O2S. The van der Waals surface area contributed by atoms with Gasteiger partial charge in [-0.15, -0.1) is 24.0 Å². The fraction of sp³-hybridized carbons (Fsp3) is 0.588. The summed E-state index contributed by atoms with van der Waals surface area (Å²) in [5.41, 5.74) is 1.23. The van der Waals surface area contributed by atoms with E-state index in [-0.39, 0.29) is 29.7 Å². The summed E-state index contributed by atoms with van der Waals surface area (Å²) in [5, 5.41) is 4.24. The molecule has 3 rings (SSSR count). The molecule has 0 amide bonds. The lowest BCUT2D eigenvalue weighted by atomic mass is 10.1. The highest BCUT2D eigenvalue weighted by Crippen LogP contribution is 2.41. The second kappa shape index (κ2) is 7.60. The maximum Gasteiger partial charge on any atom is 0.193 e. The molecule has 25 heavy (non-hydrogen) atoms. The van der Waals surface area contributed by atoms with E-state index in [1.165, 1.54) is 5.56 Å². The van der Waals surface area contributed by atoms with E-state index in [0.29, 0.717) is 25.0 Å². The first-order valence-electron chi connectivity index (χ1n) is 8.19. The number of nitrogens with one attached hydrogen (secondary N) is 1. The number of benzene rings is 1. The molecule has 1 aromatic carbocycles. The zero-order valence-corrected chi connectivity index (χ0v) is 18.6. The van der Waals surface area contributed by atoms with Gasteiger partial charge in [-0.05, 0) is 38.0 Å². The van der Waals surface area contributed by atoms with E-state index in [0.717, 1.165) is 17.4 Å². The van der Waals surface area contributed by atoms with E-state index in [4.69, 9.17) is 11.6 Å². The number of aliphatic imine (C=N–C) groups is 1. The monoisotopic (exact) mass is 497 g/mol. The summed E-state index contributed by atoms with van der Waals surface area (Å²) in [6.45, 7) is 4.52. The minimum absolute atomic E-state index is 0. The van der Waals surface area contributed by atoms with Gasteiger partial charge in [0.05, 0.1) is 10.5 Å². The topological polar surface area (TPSA) is 61.8 Å². The Kier molecular flexibility index (Phi) is 6.31. The lowest BCUT2D eigenvalue weighted by Gasteiger charge is -2.39. The fourth-order valence-electron chi connectivity index (χ4n) is 3.25. The van der Waals surface area contributed by atoms with Crippen molar-refractivity contribution in [1.29, 1.82) is 0 Å². The van der Waals surface area contributed by atoms with E-state index in [1.54, 1.807) is 20.9 Å². The van der Waals surface area contributed by atoms with Crippen molar-refractivity contribution in [3.63, 3.8) is 0 Å². The van der Waals surface area contributed by atoms with Crippen LogP contribution in [0.3, 0.4) is 0 Å². The number of guanidine groups is 1. The van der Waals surface area contributed by atoms with Crippen LogP contribution in [0.2, 0.25) is 5.02 Å². The molecule has 140 valence electrons. The number of hydrogen-bond donors (Lipinski definition) is 1. The van der Waals surface area contributed by atoms with Crippen LogP contribution in [0.25, 0.3) is 0 Å². The van der Waals surface area contributed by atoms with Crippen molar-refractivity contribution in [1.82, 2.24) is 10.2 Å². The van der Waals surface area contributed by atoms with Crippen molar-refractivity contribution in [2.24, 2.45) is 4.99 Å². The summed E-state index contributed by atoms with van der Waals surface area (Å²) in [5.74, 6) is 1.39. The Morgan fingerprint density at radius 1 is 1.40 bits per heavy atom. The standard InChI is InChI=1S/C17H24ClN3O2S.HI/c1-17(2)11-21(7-8-24(17,22)23)16(19-3)20-15-10-14(15)12-5-4-6-13(18)9-12;/h4-6,9,14-15H,7-8,10-11H2,1-3H3,(H,19,20);1H. The first kappa shape index (κ1) is 20.8. The Bertz CT molecular complexity index is 767. The Morgan fingerprint density at radius 3 is 2.72 bits per heavy atom. The van der Waals surface area contributed by atoms with E-state index in [2.05, 4.69) is 21.3 Å². The molecule has 1 heterocycles. The summed E-state index contributed by atoms with van der Waals surface area (Å²) in [4.78, 5) is 6.41. The second-order valence-corrected chi connectivity index (χ2v) is 10.4. The molecule has 1 aliphatic heterocycles. The van der Waals surface area contributed by atoms with E-state index < -0.39 is 14.6 Å². The average Bonchev–Trinajstić information content (AvgIpc) is 3.27. The zero-order valence-electron chi connectivity index (χ0n) is 14.7. The molecule has 2 unspecified atom stereocenters. The van der Waals surface area contributed by atoms with Gasteiger partial charge in [-0.2, -0.15) is 0 Å². The Hall–Kier alpha value is -0.540. The predicted molar refractivity (Wildman–Crippen MR) is 114 cm³/mol. The van der Waals surface area contributed by atoms with Crippen LogP contribution in [0.15, 0.2) is 29.3 Å². The van der Waals surface area contributed by atoms with Crippen LogP contribution >= 0.6 is 35.6 Å². The predicted octanol–water partition coefficient (Wildman–Crippen LogP) is 2.90. The largest absolute Gasteiger partial charge is 0.353 e. The number of hydrogen-bond acceptors (Lipinski definition) is 3. The summed E-state index contributed by atoms with van der Waals surface area (Å²) in [6.07, 6.45) is 1.04. The van der Waals surface area contributed by atoms with Crippen LogP contribution < -0.4 is 5.32 Å². The molecule has 2 aliphatic rings. The minimum Gasteiger partial charge on any atom is -0.353 e. The highest BCUT2D eigenvalue weighted by Gasteiger charge is 2.43. The zero-order chi connectivity index (χ0) is 17.5. The highest BCUT2D eigenvalue weighted by atomic mass is 127. The smallest absolute Gasteiger partial charge is 0.193 e. The van der Waals surface area contributed by atoms with Crippen molar-refractivity contribution < 1.29 is 8.42 Å². The van der Waals surface area contributed by atoms with Gasteiger partial charge in [-0.1, -0.05) is 23.7 Å². The van der Waals surface area contributed by atoms with Gasteiger partial charge in [0.15, 0.2) is 15.8 Å². The number of sulfone groups is 1. The quantitative estimate of drug-likeness (QED) is 0.388. The Balaban J connectivity index is 0.00000225. The van der Waals surface area contributed by atoms with Crippen molar-refractivity contribution in [2.75, 3.05) is 25.9 Å². The van der Waals surface area contributed by atoms with Gasteiger partial charge in [-0.25, -0.2) is 8.42 Å². The second-order valence-electron chi connectivity index (χ2n) is 7.20. The van der Waals surface area contributed by atoms with Crippen molar-refractivity contribution >= 4 is 51.4 Å². The minimum atomic E-state index is -3.05. The van der Waals surface area contributed by atoms with Crippen molar-refractivity contribution in [2.45, 2.75) is 37.0 Å². The molecule has 1 N–H and O–H groups in total. The van der Waals surface area contributed by atoms with E-state index in [1.807, 2.05) is 18.2 Å². The molecule has 5 nitrogen and oxygen atoms in total. The molecule has 1 saturated carbocycles. The van der Waals surface area contributed by atoms with E-state index in [9.17, 15) is 8.42 Å². The molecule has 2 atom stereocenters. The third-order valence-corrected chi connectivity index (χ3v) is 7.70. The van der Waals surface area contributed by atoms with Gasteiger partial charge >= 0.3 is 0 Å². The third kappa shape index (κ3) is 4.42. The summed E-state index contributed by atoms with van der Waals surface area (Å²) >= 11 is 6.07. The summed E-state index contributed by atoms with van der Waals surface area (Å²) in [7, 11) is -1.30. The van der Waals surface area contributed by atoms with Gasteiger partial charge in [0, 0.05) is 37.1 Å². The van der Waals surface area contributed by atoms with E-state index >= 15 is 0 Å². The van der Waals surface area contributed by atoms with Crippen LogP contribution in [-0.2, 0) is 9.84 Å². The van der Waals surface area contributed by atoms with Gasteiger partial charge in [0.25, 0.3) is 0 Å². The lowest BCUT2D eigenvalue weighted by Crippen LogP contribution is -2.57. The summed E-state index contributed by atoms with van der Waals surface area (Å²) in [6, 6.07) is 8.28. The first-order valence-corrected chi connectivity index (χ1v) is 10.2. The van der Waals surface area contributed by atoms with Crippen LogP contribution in [0.1, 0.15) is 31.7 Å². The van der Waals surface area contributed by atoms with Gasteiger partial charge in [0.2, 0.25) is 0 Å². The van der Waals surface area contributed by atoms with Crippen LogP contribution in [0.4, 0.5) is 0 Å². The van der Waals surface area contributed by atoms with Gasteiger partial charge < -0.3 is 10.2 Å². The number of nitrogens with zero attached hydrogens (tertiary/aromatic N) is 2. The van der Waals surface area contributed by atoms with Gasteiger partial charge in [-0.3, -0.25) is 4.99 Å². The fourth-order valence-corrected chi connectivity index (χ4v) is 4.81. The Labute approximate surface area is 172 Å². The molecular weight excluding hydrogens is 473 g/mol. The number of halogens is 2. The molecule has 1 saturated heterocycles. The molecule has 2 fully saturated rings. The van der Waals surface area contributed by atoms with Gasteiger partial charge in [0.1, 0.15) is 0 Å². The first-order chi connectivity index (χ1) is 11.2. The normalized spacial score (nSPS) is 27.4. The molecule has 0 radical (unpaired) electrons. The third-order valence-electron chi connectivity index (χ3n) is 4.94. The maximum absolute atomic E-state index is 12.2. The molecule has 1 aliphatic carbocycles. The summed E-state index contributed by atoms with van der Waals surface area (Å²) < 4.78 is 23.6. The molecule has 0 bridgehead atoms. The molecule has 0 spiro atoms. The number of rotatable bonds is 2.